The summed E-state index contributed by atoms with van der Waals surface area (Å²) < 4.78 is 0. The number of hydrogen-bond acceptors (Lipinski definition) is 3. The Morgan fingerprint density at radius 3 is 1.94 bits per heavy atom. The molecule has 0 unspecified atom stereocenters. The maximum absolute atomic E-state index is 11.2. The molecule has 4 nitrogen and oxygen atoms in total. The molecule has 0 fully saturated rings. The summed E-state index contributed by atoms with van der Waals surface area (Å²) >= 11 is 0. The van der Waals surface area contributed by atoms with Crippen molar-refractivity contribution in [2.24, 2.45) is 0 Å². The van der Waals surface area contributed by atoms with Crippen LogP contribution in [-0.2, 0) is 0 Å². The van der Waals surface area contributed by atoms with Gasteiger partial charge in [-0.05, 0) is 51.7 Å². The summed E-state index contributed by atoms with van der Waals surface area (Å²) in [6.45, 7) is 0. The Hall–Kier alpha value is -4.57. The van der Waals surface area contributed by atoms with Gasteiger partial charge in [0.25, 0.3) is 5.69 Å². The fourth-order valence-corrected chi connectivity index (χ4v) is 4.65. The van der Waals surface area contributed by atoms with Crippen LogP contribution in [0.1, 0.15) is 0 Å². The highest BCUT2D eigenvalue weighted by molar-refractivity contribution is 6.21. The summed E-state index contributed by atoms with van der Waals surface area (Å²) in [7, 11) is 0. The topological polar surface area (TPSA) is 56.0 Å². The second kappa shape index (κ2) is 7.53. The molecule has 0 N–H and O–H groups in total. The Morgan fingerprint density at radius 1 is 0.606 bits per heavy atom. The van der Waals surface area contributed by atoms with Crippen molar-refractivity contribution in [3.8, 4) is 22.3 Å². The lowest BCUT2D eigenvalue weighted by Crippen LogP contribution is -1.94. The van der Waals surface area contributed by atoms with Crippen LogP contribution >= 0.6 is 0 Å². The molecular weight excluding hydrogens is 408 g/mol. The molecule has 0 aliphatic rings. The number of fused-ring (bicyclic) bond motifs is 3. The summed E-state index contributed by atoms with van der Waals surface area (Å²) in [5.74, 6) is 0. The molecule has 6 rings (SSSR count). The van der Waals surface area contributed by atoms with Gasteiger partial charge in [0.15, 0.2) is 0 Å². The Labute approximate surface area is 189 Å². The summed E-state index contributed by atoms with van der Waals surface area (Å²) in [4.78, 5) is 16.0. The van der Waals surface area contributed by atoms with Gasteiger partial charge in [0.1, 0.15) is 0 Å². The van der Waals surface area contributed by atoms with Crippen LogP contribution in [0.2, 0.25) is 0 Å². The van der Waals surface area contributed by atoms with E-state index in [9.17, 15) is 10.1 Å². The summed E-state index contributed by atoms with van der Waals surface area (Å²) in [6.07, 6.45) is 0. The molecule has 6 aromatic rings. The molecule has 1 aromatic heterocycles. The van der Waals surface area contributed by atoms with Crippen molar-refractivity contribution in [2.75, 3.05) is 0 Å². The molecule has 4 heteroatoms. The molecule has 0 saturated heterocycles. The number of nitro groups is 1. The standard InChI is InChI=1S/C29H18N2O2/c32-31(33)22-16-14-20(15-17-22)27-23-11-5-6-12-24(23)28(19-8-2-1-3-9-19)29-25(27)18-21-10-4-7-13-26(21)30-29/h1-18H. The van der Waals surface area contributed by atoms with Crippen LogP contribution in [0, 0.1) is 10.1 Å². The highest BCUT2D eigenvalue weighted by Gasteiger charge is 2.18. The third kappa shape index (κ3) is 3.12. The SMILES string of the molecule is O=[N+]([O-])c1ccc(-c2c3ccccc3c(-c3ccccc3)c3nc4ccccc4cc23)cc1. The van der Waals surface area contributed by atoms with Gasteiger partial charge >= 0.3 is 0 Å². The van der Waals surface area contributed by atoms with Crippen molar-refractivity contribution < 1.29 is 4.92 Å². The van der Waals surface area contributed by atoms with Crippen LogP contribution in [0.4, 0.5) is 5.69 Å². The predicted octanol–water partition coefficient (Wildman–Crippen LogP) is 7.78. The fourth-order valence-electron chi connectivity index (χ4n) is 4.65. The first-order valence-electron chi connectivity index (χ1n) is 10.8. The van der Waals surface area contributed by atoms with Crippen molar-refractivity contribution in [1.29, 1.82) is 0 Å². The first-order valence-corrected chi connectivity index (χ1v) is 10.8. The predicted molar refractivity (Wildman–Crippen MR) is 134 cm³/mol. The van der Waals surface area contributed by atoms with Crippen molar-refractivity contribution >= 4 is 38.3 Å². The Balaban J connectivity index is 1.81. The number of nitrogens with zero attached hydrogens (tertiary/aromatic N) is 2. The zero-order valence-electron chi connectivity index (χ0n) is 17.6. The summed E-state index contributed by atoms with van der Waals surface area (Å²) in [5, 5.41) is 15.5. The molecule has 0 aliphatic heterocycles. The van der Waals surface area contributed by atoms with E-state index in [1.165, 1.54) is 0 Å². The molecule has 5 aromatic carbocycles. The number of non-ortho nitro benzene ring substituents is 1. The molecule has 1 heterocycles. The first-order chi connectivity index (χ1) is 16.2. The van der Waals surface area contributed by atoms with Gasteiger partial charge in [-0.3, -0.25) is 10.1 Å². The minimum absolute atomic E-state index is 0.0804. The second-order valence-electron chi connectivity index (χ2n) is 8.04. The Kier molecular flexibility index (Phi) is 4.37. The van der Waals surface area contributed by atoms with Crippen LogP contribution < -0.4 is 0 Å². The molecule has 0 aliphatic carbocycles. The van der Waals surface area contributed by atoms with Crippen LogP contribution in [0.25, 0.3) is 54.8 Å². The number of hydrogen-bond donors (Lipinski definition) is 0. The van der Waals surface area contributed by atoms with E-state index in [2.05, 4.69) is 36.4 Å². The van der Waals surface area contributed by atoms with Gasteiger partial charge in [0, 0.05) is 28.5 Å². The normalized spacial score (nSPS) is 11.3. The van der Waals surface area contributed by atoms with Gasteiger partial charge in [-0.25, -0.2) is 4.98 Å². The number of pyridine rings is 1. The van der Waals surface area contributed by atoms with Gasteiger partial charge in [0.05, 0.1) is 16.0 Å². The van der Waals surface area contributed by atoms with E-state index in [1.54, 1.807) is 12.1 Å². The monoisotopic (exact) mass is 426 g/mol. The molecule has 0 atom stereocenters. The average molecular weight is 426 g/mol. The van der Waals surface area contributed by atoms with Crippen molar-refractivity contribution in [3.63, 3.8) is 0 Å². The maximum Gasteiger partial charge on any atom is 0.269 e. The molecule has 0 bridgehead atoms. The number of nitro benzene ring substituents is 1. The van der Waals surface area contributed by atoms with Gasteiger partial charge in [-0.15, -0.1) is 0 Å². The largest absolute Gasteiger partial charge is 0.269 e. The average Bonchev–Trinajstić information content (AvgIpc) is 2.86. The van der Waals surface area contributed by atoms with Gasteiger partial charge in [0.2, 0.25) is 0 Å². The lowest BCUT2D eigenvalue weighted by atomic mass is 9.87. The molecule has 0 radical (unpaired) electrons. The molecule has 33 heavy (non-hydrogen) atoms. The molecule has 0 saturated carbocycles. The van der Waals surface area contributed by atoms with Gasteiger partial charge in [-0.1, -0.05) is 72.8 Å². The van der Waals surface area contributed by atoms with Crippen LogP contribution in [0.15, 0.2) is 109 Å². The van der Waals surface area contributed by atoms with Crippen LogP contribution in [0.5, 0.6) is 0 Å². The fraction of sp³-hybridized carbons (Fsp3) is 0. The van der Waals surface area contributed by atoms with Gasteiger partial charge in [-0.2, -0.15) is 0 Å². The number of benzene rings is 5. The van der Waals surface area contributed by atoms with Crippen molar-refractivity contribution in [1.82, 2.24) is 4.98 Å². The van der Waals surface area contributed by atoms with E-state index >= 15 is 0 Å². The van der Waals surface area contributed by atoms with Gasteiger partial charge < -0.3 is 0 Å². The lowest BCUT2D eigenvalue weighted by Gasteiger charge is -2.17. The highest BCUT2D eigenvalue weighted by atomic mass is 16.6. The molecule has 0 amide bonds. The summed E-state index contributed by atoms with van der Waals surface area (Å²) in [6, 6.07) is 35.7. The zero-order valence-corrected chi connectivity index (χ0v) is 17.6. The van der Waals surface area contributed by atoms with Crippen LogP contribution in [0.3, 0.4) is 0 Å². The van der Waals surface area contributed by atoms with E-state index in [4.69, 9.17) is 4.98 Å². The van der Waals surface area contributed by atoms with E-state index in [1.807, 2.05) is 60.7 Å². The number of para-hydroxylation sites is 1. The molecular formula is C29H18N2O2. The Morgan fingerprint density at radius 2 is 1.21 bits per heavy atom. The first kappa shape index (κ1) is 19.1. The molecule has 0 spiro atoms. The lowest BCUT2D eigenvalue weighted by molar-refractivity contribution is -0.384. The smallest absolute Gasteiger partial charge is 0.258 e. The van der Waals surface area contributed by atoms with E-state index in [0.717, 1.165) is 54.8 Å². The third-order valence-electron chi connectivity index (χ3n) is 6.13. The van der Waals surface area contributed by atoms with Crippen molar-refractivity contribution in [2.45, 2.75) is 0 Å². The van der Waals surface area contributed by atoms with Crippen LogP contribution in [-0.4, -0.2) is 9.91 Å². The van der Waals surface area contributed by atoms with E-state index in [-0.39, 0.29) is 10.6 Å². The zero-order chi connectivity index (χ0) is 22.4. The Bertz CT molecular complexity index is 1670. The third-order valence-corrected chi connectivity index (χ3v) is 6.13. The summed E-state index contributed by atoms with van der Waals surface area (Å²) in [5.41, 5.74) is 6.11. The maximum atomic E-state index is 11.2. The number of rotatable bonds is 3. The second-order valence-corrected chi connectivity index (χ2v) is 8.04. The number of aromatic nitrogens is 1. The van der Waals surface area contributed by atoms with Crippen molar-refractivity contribution in [3.05, 3.63) is 119 Å². The quantitative estimate of drug-likeness (QED) is 0.165. The van der Waals surface area contributed by atoms with E-state index in [0.29, 0.717) is 0 Å². The molecule has 156 valence electrons. The van der Waals surface area contributed by atoms with E-state index < -0.39 is 0 Å². The minimum Gasteiger partial charge on any atom is -0.258 e. The minimum atomic E-state index is -0.368. The highest BCUT2D eigenvalue weighted by Crippen LogP contribution is 2.43.